The zero-order chi connectivity index (χ0) is 19.6. The number of nitro benzene ring substituents is 1. The molecule has 1 fully saturated rings. The number of non-ortho nitro benzene ring substituents is 1. The molecule has 0 bridgehead atoms. The third-order valence-corrected chi connectivity index (χ3v) is 5.53. The van der Waals surface area contributed by atoms with Crippen LogP contribution in [0.15, 0.2) is 65.3 Å². The Balaban J connectivity index is 1.66. The molecular weight excluding hydrogens is 342 g/mol. The summed E-state index contributed by atoms with van der Waals surface area (Å²) < 4.78 is 0. The fraction of sp³-hybridized carbons (Fsp3) is 0.381. The number of aliphatic imine (C=N–C) groups is 1. The Bertz CT molecular complexity index is 822. The molecular formula is C21H25N3O3. The fourth-order valence-corrected chi connectivity index (χ4v) is 3.96. The molecule has 3 rings (SSSR count). The van der Waals surface area contributed by atoms with E-state index in [1.165, 1.54) is 17.8 Å². The Morgan fingerprint density at radius 2 is 1.96 bits per heavy atom. The summed E-state index contributed by atoms with van der Waals surface area (Å²) >= 11 is 0. The maximum absolute atomic E-state index is 10.7. The lowest BCUT2D eigenvalue weighted by Crippen LogP contribution is -2.27. The lowest BCUT2D eigenvalue weighted by atomic mass is 9.75. The molecule has 1 heterocycles. The molecule has 0 saturated carbocycles. The van der Waals surface area contributed by atoms with Gasteiger partial charge in [0.05, 0.1) is 23.6 Å². The largest absolute Gasteiger partial charge is 0.386 e. The molecule has 1 saturated heterocycles. The number of hydrogen-bond donors (Lipinski definition) is 1. The van der Waals surface area contributed by atoms with E-state index in [4.69, 9.17) is 0 Å². The number of likely N-dealkylation sites (N-methyl/N-ethyl adjacent to an activating group) is 1. The van der Waals surface area contributed by atoms with Crippen molar-refractivity contribution in [2.45, 2.75) is 26.0 Å². The van der Waals surface area contributed by atoms with E-state index in [0.717, 1.165) is 0 Å². The van der Waals surface area contributed by atoms with E-state index in [-0.39, 0.29) is 17.6 Å². The molecule has 1 N–H and O–H groups in total. The third-order valence-electron chi connectivity index (χ3n) is 5.53. The van der Waals surface area contributed by atoms with Crippen molar-refractivity contribution < 1.29 is 10.0 Å². The summed E-state index contributed by atoms with van der Waals surface area (Å²) in [4.78, 5) is 16.9. The van der Waals surface area contributed by atoms with Crippen LogP contribution in [0.2, 0.25) is 0 Å². The van der Waals surface area contributed by atoms with Gasteiger partial charge in [0.15, 0.2) is 0 Å². The molecule has 0 amide bonds. The third kappa shape index (κ3) is 3.71. The Hall–Kier alpha value is -2.73. The Morgan fingerprint density at radius 3 is 2.59 bits per heavy atom. The average molecular weight is 367 g/mol. The zero-order valence-corrected chi connectivity index (χ0v) is 15.8. The SMILES string of the molecule is CN1/C(=C/C=NC[C@H](O)c2ccc([N+](=O)[O-])cc2)C(C)(C)[C@@H]2C=CC=C[C@@H]21. The van der Waals surface area contributed by atoms with Crippen LogP contribution in [-0.2, 0) is 0 Å². The summed E-state index contributed by atoms with van der Waals surface area (Å²) in [6.07, 6.45) is 11.7. The molecule has 142 valence electrons. The van der Waals surface area contributed by atoms with Crippen molar-refractivity contribution in [3.63, 3.8) is 0 Å². The van der Waals surface area contributed by atoms with Gasteiger partial charge in [-0.3, -0.25) is 15.1 Å². The first-order valence-corrected chi connectivity index (χ1v) is 9.03. The van der Waals surface area contributed by atoms with Gasteiger partial charge >= 0.3 is 0 Å². The minimum Gasteiger partial charge on any atom is -0.386 e. The van der Waals surface area contributed by atoms with Gasteiger partial charge in [-0.1, -0.05) is 38.2 Å². The first-order chi connectivity index (χ1) is 12.8. The number of allylic oxidation sites excluding steroid dienone is 4. The summed E-state index contributed by atoms with van der Waals surface area (Å²) in [6.45, 7) is 4.69. The van der Waals surface area contributed by atoms with Gasteiger partial charge < -0.3 is 10.0 Å². The van der Waals surface area contributed by atoms with Crippen LogP contribution in [0.5, 0.6) is 0 Å². The van der Waals surface area contributed by atoms with E-state index in [1.54, 1.807) is 18.3 Å². The molecule has 6 nitrogen and oxygen atoms in total. The molecule has 0 unspecified atom stereocenters. The summed E-state index contributed by atoms with van der Waals surface area (Å²) in [7, 11) is 2.10. The number of nitrogens with zero attached hydrogens (tertiary/aromatic N) is 3. The molecule has 1 aromatic rings. The number of aliphatic hydroxyl groups excluding tert-OH is 1. The van der Waals surface area contributed by atoms with E-state index in [0.29, 0.717) is 17.5 Å². The molecule has 27 heavy (non-hydrogen) atoms. The van der Waals surface area contributed by atoms with E-state index in [1.807, 2.05) is 6.08 Å². The van der Waals surface area contributed by atoms with Gasteiger partial charge in [-0.15, -0.1) is 0 Å². The molecule has 1 aromatic carbocycles. The normalized spacial score (nSPS) is 25.9. The predicted octanol–water partition coefficient (Wildman–Crippen LogP) is 3.67. The molecule has 6 heteroatoms. The van der Waals surface area contributed by atoms with Crippen molar-refractivity contribution >= 4 is 11.9 Å². The number of fused-ring (bicyclic) bond motifs is 1. The highest BCUT2D eigenvalue weighted by Crippen LogP contribution is 2.49. The fourth-order valence-electron chi connectivity index (χ4n) is 3.96. The van der Waals surface area contributed by atoms with Crippen molar-refractivity contribution in [3.8, 4) is 0 Å². The van der Waals surface area contributed by atoms with E-state index in [2.05, 4.69) is 55.1 Å². The second-order valence-electron chi connectivity index (χ2n) is 7.55. The van der Waals surface area contributed by atoms with Gasteiger partial charge in [-0.2, -0.15) is 0 Å². The van der Waals surface area contributed by atoms with E-state index >= 15 is 0 Å². The summed E-state index contributed by atoms with van der Waals surface area (Å²) in [5.74, 6) is 0.429. The van der Waals surface area contributed by atoms with E-state index in [9.17, 15) is 15.2 Å². The maximum Gasteiger partial charge on any atom is 0.269 e. The van der Waals surface area contributed by atoms with Crippen LogP contribution in [-0.4, -0.2) is 40.8 Å². The highest BCUT2D eigenvalue weighted by molar-refractivity contribution is 5.72. The summed E-state index contributed by atoms with van der Waals surface area (Å²) in [5, 5.41) is 20.9. The molecule has 0 aromatic heterocycles. The summed E-state index contributed by atoms with van der Waals surface area (Å²) in [6, 6.07) is 6.27. The zero-order valence-electron chi connectivity index (χ0n) is 15.8. The lowest BCUT2D eigenvalue weighted by Gasteiger charge is -2.26. The van der Waals surface area contributed by atoms with Crippen LogP contribution in [0.3, 0.4) is 0 Å². The van der Waals surface area contributed by atoms with Crippen LogP contribution >= 0.6 is 0 Å². The quantitative estimate of drug-likeness (QED) is 0.489. The molecule has 3 atom stereocenters. The second kappa shape index (κ2) is 7.48. The van der Waals surface area contributed by atoms with Crippen molar-refractivity contribution in [1.29, 1.82) is 0 Å². The molecule has 0 spiro atoms. The molecule has 0 radical (unpaired) electrons. The van der Waals surface area contributed by atoms with Gasteiger partial charge in [0.25, 0.3) is 5.69 Å². The van der Waals surface area contributed by atoms with Crippen molar-refractivity contribution in [2.75, 3.05) is 13.6 Å². The van der Waals surface area contributed by atoms with Crippen LogP contribution in [0.1, 0.15) is 25.5 Å². The highest BCUT2D eigenvalue weighted by Gasteiger charge is 2.46. The minimum atomic E-state index is -0.789. The number of rotatable bonds is 5. The topological polar surface area (TPSA) is 79.0 Å². The number of nitro groups is 1. The smallest absolute Gasteiger partial charge is 0.269 e. The first-order valence-electron chi connectivity index (χ1n) is 9.03. The van der Waals surface area contributed by atoms with Crippen molar-refractivity contribution in [3.05, 3.63) is 76.0 Å². The van der Waals surface area contributed by atoms with Gasteiger partial charge in [0.2, 0.25) is 0 Å². The number of benzene rings is 1. The highest BCUT2D eigenvalue weighted by atomic mass is 16.6. The molecule has 2 aliphatic rings. The second-order valence-corrected chi connectivity index (χ2v) is 7.55. The molecule has 1 aliphatic heterocycles. The van der Waals surface area contributed by atoms with Gasteiger partial charge in [-0.05, 0) is 23.8 Å². The number of likely N-dealkylation sites (tertiary alicyclic amines) is 1. The van der Waals surface area contributed by atoms with Crippen LogP contribution in [0.25, 0.3) is 0 Å². The first kappa shape index (κ1) is 19.0. The standard InChI is InChI=1S/C21H25N3O3/c1-21(2)17-6-4-5-7-18(17)23(3)20(21)12-13-22-14-19(25)15-8-10-16(11-9-15)24(26)27/h4-13,17-19,25H,14H2,1-3H3/b20-12+,22-13?/t17-,18+,19+/m1/s1. The number of hydrogen-bond acceptors (Lipinski definition) is 5. The van der Waals surface area contributed by atoms with Crippen molar-refractivity contribution in [2.24, 2.45) is 16.3 Å². The predicted molar refractivity (Wildman–Crippen MR) is 107 cm³/mol. The summed E-state index contributed by atoms with van der Waals surface area (Å²) in [5.41, 5.74) is 1.84. The van der Waals surface area contributed by atoms with Gasteiger partial charge in [-0.25, -0.2) is 0 Å². The maximum atomic E-state index is 10.7. The van der Waals surface area contributed by atoms with E-state index < -0.39 is 11.0 Å². The van der Waals surface area contributed by atoms with Gasteiger partial charge in [0.1, 0.15) is 0 Å². The van der Waals surface area contributed by atoms with Crippen LogP contribution < -0.4 is 0 Å². The van der Waals surface area contributed by atoms with Gasteiger partial charge in [0, 0.05) is 42.4 Å². The average Bonchev–Trinajstić information content (AvgIpc) is 2.85. The lowest BCUT2D eigenvalue weighted by molar-refractivity contribution is -0.384. The van der Waals surface area contributed by atoms with Crippen LogP contribution in [0.4, 0.5) is 5.69 Å². The number of aliphatic hydroxyl groups is 1. The molecule has 1 aliphatic carbocycles. The Labute approximate surface area is 159 Å². The minimum absolute atomic E-state index is 0.00365. The van der Waals surface area contributed by atoms with Crippen LogP contribution in [0, 0.1) is 21.4 Å². The Morgan fingerprint density at radius 1 is 1.30 bits per heavy atom. The monoisotopic (exact) mass is 367 g/mol. The Kier molecular flexibility index (Phi) is 5.28. The van der Waals surface area contributed by atoms with Crippen molar-refractivity contribution in [1.82, 2.24) is 4.90 Å².